The number of aryl methyl sites for hydroxylation is 1. The number of benzene rings is 3. The van der Waals surface area contributed by atoms with E-state index in [2.05, 4.69) is 41.0 Å². The molecule has 0 radical (unpaired) electrons. The predicted octanol–water partition coefficient (Wildman–Crippen LogP) is 4.28. The van der Waals surface area contributed by atoms with E-state index in [9.17, 15) is 9.90 Å². The quantitative estimate of drug-likeness (QED) is 0.420. The minimum absolute atomic E-state index is 0.0243. The number of carbonyl (C=O) groups excluding carboxylic acids is 1. The summed E-state index contributed by atoms with van der Waals surface area (Å²) < 4.78 is 11.4. The van der Waals surface area contributed by atoms with Gasteiger partial charge >= 0.3 is 0 Å². The van der Waals surface area contributed by atoms with Crippen molar-refractivity contribution in [2.24, 2.45) is 0 Å². The second-order valence-corrected chi connectivity index (χ2v) is 10.8. The van der Waals surface area contributed by atoms with Crippen molar-refractivity contribution in [3.63, 3.8) is 0 Å². The van der Waals surface area contributed by atoms with Crippen molar-refractivity contribution in [2.75, 3.05) is 13.2 Å². The summed E-state index contributed by atoms with van der Waals surface area (Å²) in [6, 6.07) is 22.4. The summed E-state index contributed by atoms with van der Waals surface area (Å²) in [6.07, 6.45) is 5.35. The van der Waals surface area contributed by atoms with Gasteiger partial charge in [0.05, 0.1) is 18.2 Å². The van der Waals surface area contributed by atoms with Gasteiger partial charge in [0.2, 0.25) is 0 Å². The molecule has 6 rings (SSSR count). The molecule has 38 heavy (non-hydrogen) atoms. The number of hydrogen-bond acceptors (Lipinski definition) is 5. The number of aliphatic hydroxyl groups excluding tert-OH is 1. The molecule has 2 aliphatic carbocycles. The molecule has 0 bridgehead atoms. The number of carbonyl (C=O) groups is 1. The summed E-state index contributed by atoms with van der Waals surface area (Å²) in [6.45, 7) is 2.09. The molecular weight excluding hydrogens is 476 g/mol. The highest BCUT2D eigenvalue weighted by atomic mass is 16.5. The van der Waals surface area contributed by atoms with E-state index in [0.717, 1.165) is 51.0 Å². The highest BCUT2D eigenvalue weighted by Gasteiger charge is 2.30. The molecule has 1 saturated heterocycles. The molecule has 198 valence electrons. The molecule has 0 aromatic heterocycles. The Balaban J connectivity index is 1.01. The Morgan fingerprint density at radius 1 is 0.974 bits per heavy atom. The van der Waals surface area contributed by atoms with E-state index < -0.39 is 0 Å². The Labute approximate surface area is 224 Å². The number of amides is 1. The van der Waals surface area contributed by atoms with Gasteiger partial charge in [-0.25, -0.2) is 0 Å². The molecule has 0 unspecified atom stereocenters. The molecule has 0 saturated carbocycles. The van der Waals surface area contributed by atoms with Gasteiger partial charge in [-0.15, -0.1) is 0 Å². The van der Waals surface area contributed by atoms with Crippen LogP contribution in [-0.4, -0.2) is 42.5 Å². The second kappa shape index (κ2) is 11.3. The molecule has 0 spiro atoms. The SMILES string of the molecule is O=C(N[C@H]1CCc2cc(CN[C@@H]3c4ccccc4C[C@H]3O)ccc2C1)c1ccc(OC[C@@H]2CCCO2)cc1. The third-order valence-electron chi connectivity index (χ3n) is 8.14. The van der Waals surface area contributed by atoms with Gasteiger partial charge in [-0.2, -0.15) is 0 Å². The maximum Gasteiger partial charge on any atom is 0.251 e. The van der Waals surface area contributed by atoms with Crippen molar-refractivity contribution in [3.8, 4) is 5.75 Å². The number of fused-ring (bicyclic) bond motifs is 2. The highest BCUT2D eigenvalue weighted by molar-refractivity contribution is 5.94. The summed E-state index contributed by atoms with van der Waals surface area (Å²) in [5.74, 6) is 0.723. The molecule has 1 fully saturated rings. The molecule has 3 aromatic rings. The molecule has 4 atom stereocenters. The van der Waals surface area contributed by atoms with Gasteiger partial charge < -0.3 is 25.2 Å². The maximum atomic E-state index is 12.9. The van der Waals surface area contributed by atoms with Gasteiger partial charge in [-0.05, 0) is 84.2 Å². The van der Waals surface area contributed by atoms with Crippen molar-refractivity contribution in [3.05, 3.63) is 100 Å². The Morgan fingerprint density at radius 2 is 1.84 bits per heavy atom. The first kappa shape index (κ1) is 25.1. The van der Waals surface area contributed by atoms with Crippen molar-refractivity contribution >= 4 is 5.91 Å². The van der Waals surface area contributed by atoms with Crippen molar-refractivity contribution in [1.29, 1.82) is 0 Å². The Morgan fingerprint density at radius 3 is 2.68 bits per heavy atom. The standard InChI is InChI=1S/C32H36N2O4/c35-30-18-25-4-1-2-6-29(25)31(30)33-19-21-7-8-24-17-26(12-9-23(24)16-21)34-32(36)22-10-13-27(14-11-22)38-20-28-5-3-15-37-28/h1-2,4,6-8,10-11,13-14,16,26,28,30-31,33,35H,3,5,9,12,15,17-20H2,(H,34,36)/t26-,28-,30+,31+/m0/s1. The van der Waals surface area contributed by atoms with Crippen LogP contribution in [0.15, 0.2) is 66.7 Å². The molecule has 3 aromatic carbocycles. The number of hydrogen-bond donors (Lipinski definition) is 3. The van der Waals surface area contributed by atoms with Crippen molar-refractivity contribution in [1.82, 2.24) is 10.6 Å². The lowest BCUT2D eigenvalue weighted by molar-refractivity contribution is 0.0679. The smallest absolute Gasteiger partial charge is 0.251 e. The van der Waals surface area contributed by atoms with Gasteiger partial charge in [0.15, 0.2) is 0 Å². The third kappa shape index (κ3) is 5.63. The lowest BCUT2D eigenvalue weighted by Crippen LogP contribution is -2.38. The van der Waals surface area contributed by atoms with E-state index >= 15 is 0 Å². The topological polar surface area (TPSA) is 79.8 Å². The van der Waals surface area contributed by atoms with Crippen LogP contribution < -0.4 is 15.4 Å². The number of nitrogens with one attached hydrogen (secondary N) is 2. The lowest BCUT2D eigenvalue weighted by atomic mass is 9.87. The fourth-order valence-corrected chi connectivity index (χ4v) is 6.03. The van der Waals surface area contributed by atoms with Gasteiger partial charge in [-0.3, -0.25) is 4.79 Å². The van der Waals surface area contributed by atoms with Crippen LogP contribution in [0.2, 0.25) is 0 Å². The molecule has 1 aliphatic heterocycles. The third-order valence-corrected chi connectivity index (χ3v) is 8.14. The number of ether oxygens (including phenoxy) is 2. The zero-order valence-corrected chi connectivity index (χ0v) is 21.7. The summed E-state index contributed by atoms with van der Waals surface area (Å²) in [5.41, 5.74) is 6.97. The Kier molecular flexibility index (Phi) is 7.45. The molecule has 3 aliphatic rings. The van der Waals surface area contributed by atoms with Crippen LogP contribution in [0.1, 0.15) is 63.5 Å². The van der Waals surface area contributed by atoms with Crippen LogP contribution in [0.3, 0.4) is 0 Å². The van der Waals surface area contributed by atoms with E-state index in [-0.39, 0.29) is 30.2 Å². The van der Waals surface area contributed by atoms with Crippen LogP contribution >= 0.6 is 0 Å². The summed E-state index contributed by atoms with van der Waals surface area (Å²) >= 11 is 0. The average Bonchev–Trinajstić information content (AvgIpc) is 3.58. The van der Waals surface area contributed by atoms with Gasteiger partial charge in [0.1, 0.15) is 12.4 Å². The average molecular weight is 513 g/mol. The monoisotopic (exact) mass is 512 g/mol. The summed E-state index contributed by atoms with van der Waals surface area (Å²) in [4.78, 5) is 12.9. The lowest BCUT2D eigenvalue weighted by Gasteiger charge is -2.26. The second-order valence-electron chi connectivity index (χ2n) is 10.8. The summed E-state index contributed by atoms with van der Waals surface area (Å²) in [5, 5.41) is 17.3. The fraction of sp³-hybridized carbons (Fsp3) is 0.406. The largest absolute Gasteiger partial charge is 0.491 e. The van der Waals surface area contributed by atoms with Gasteiger partial charge in [-0.1, -0.05) is 42.5 Å². The van der Waals surface area contributed by atoms with Crippen molar-refractivity contribution < 1.29 is 19.4 Å². The molecule has 1 amide bonds. The number of aliphatic hydroxyl groups is 1. The zero-order valence-electron chi connectivity index (χ0n) is 21.7. The maximum absolute atomic E-state index is 12.9. The van der Waals surface area contributed by atoms with E-state index in [1.54, 1.807) is 0 Å². The van der Waals surface area contributed by atoms with Crippen LogP contribution in [0.5, 0.6) is 5.75 Å². The molecule has 3 N–H and O–H groups in total. The minimum atomic E-state index is -0.385. The normalized spacial score (nSPS) is 24.0. The van der Waals surface area contributed by atoms with Gasteiger partial charge in [0.25, 0.3) is 5.91 Å². The fourth-order valence-electron chi connectivity index (χ4n) is 6.03. The van der Waals surface area contributed by atoms with Crippen LogP contribution in [0.4, 0.5) is 0 Å². The molecular formula is C32H36N2O4. The molecule has 6 nitrogen and oxygen atoms in total. The van der Waals surface area contributed by atoms with Crippen LogP contribution in [-0.2, 0) is 30.5 Å². The highest BCUT2D eigenvalue weighted by Crippen LogP contribution is 2.32. The van der Waals surface area contributed by atoms with E-state index in [4.69, 9.17) is 9.47 Å². The number of rotatable bonds is 8. The molecule has 1 heterocycles. The minimum Gasteiger partial charge on any atom is -0.491 e. The van der Waals surface area contributed by atoms with E-state index in [0.29, 0.717) is 18.6 Å². The first-order valence-corrected chi connectivity index (χ1v) is 13.9. The molecule has 6 heteroatoms. The van der Waals surface area contributed by atoms with Crippen molar-refractivity contribution in [2.45, 2.75) is 69.4 Å². The van der Waals surface area contributed by atoms with Gasteiger partial charge in [0, 0.05) is 31.2 Å². The first-order chi connectivity index (χ1) is 18.6. The van der Waals surface area contributed by atoms with Crippen LogP contribution in [0, 0.1) is 0 Å². The predicted molar refractivity (Wildman–Crippen MR) is 146 cm³/mol. The Bertz CT molecular complexity index is 1270. The van der Waals surface area contributed by atoms with Crippen LogP contribution in [0.25, 0.3) is 0 Å². The first-order valence-electron chi connectivity index (χ1n) is 13.9. The Hall–Kier alpha value is -3.19. The zero-order chi connectivity index (χ0) is 25.9. The van der Waals surface area contributed by atoms with E-state index in [1.807, 2.05) is 36.4 Å². The van der Waals surface area contributed by atoms with E-state index in [1.165, 1.54) is 27.8 Å². The summed E-state index contributed by atoms with van der Waals surface area (Å²) in [7, 11) is 0.